The maximum atomic E-state index is 6.52. The van der Waals surface area contributed by atoms with Crippen LogP contribution in [0, 0.1) is 0 Å². The van der Waals surface area contributed by atoms with E-state index < -0.39 is 0 Å². The topological polar surface area (TPSA) is 16.4 Å². The van der Waals surface area contributed by atoms with Crippen molar-refractivity contribution < 1.29 is 4.42 Å². The number of rotatable bonds is 5. The zero-order chi connectivity index (χ0) is 37.5. The number of hydrogen-bond donors (Lipinski definition) is 0. The fourth-order valence-corrected chi connectivity index (χ4v) is 10.3. The smallest absolute Gasteiger partial charge is 0.143 e. The lowest BCUT2D eigenvalue weighted by Crippen LogP contribution is -2.10. The van der Waals surface area contributed by atoms with E-state index in [0.29, 0.717) is 0 Å². The summed E-state index contributed by atoms with van der Waals surface area (Å²) >= 11 is 1.90. The molecule has 0 fully saturated rings. The molecule has 0 aliphatic rings. The second-order valence-corrected chi connectivity index (χ2v) is 15.8. The molecule has 0 atom stereocenters. The van der Waals surface area contributed by atoms with Gasteiger partial charge in [0.05, 0.1) is 16.1 Å². The van der Waals surface area contributed by atoms with E-state index >= 15 is 0 Å². The van der Waals surface area contributed by atoms with E-state index in [1.807, 2.05) is 11.3 Å². The summed E-state index contributed by atoms with van der Waals surface area (Å²) < 4.78 is 9.12. The summed E-state index contributed by atoms with van der Waals surface area (Å²) in [6.45, 7) is 0. The summed E-state index contributed by atoms with van der Waals surface area (Å²) in [7, 11) is 0. The lowest BCUT2D eigenvalue weighted by Gasteiger charge is -2.28. The Balaban J connectivity index is 1.05. The van der Waals surface area contributed by atoms with Crippen LogP contribution in [-0.2, 0) is 0 Å². The highest BCUT2D eigenvalue weighted by Gasteiger charge is 2.22. The molecule has 0 aliphatic heterocycles. The molecule has 0 aliphatic carbocycles. The van der Waals surface area contributed by atoms with Crippen molar-refractivity contribution in [2.45, 2.75) is 0 Å². The molecule has 2 nitrogen and oxygen atoms in total. The molecule has 0 saturated carbocycles. The fourth-order valence-electron chi connectivity index (χ4n) is 8.94. The van der Waals surface area contributed by atoms with E-state index in [1.54, 1.807) is 0 Å². The van der Waals surface area contributed by atoms with Gasteiger partial charge in [0.2, 0.25) is 0 Å². The van der Waals surface area contributed by atoms with Gasteiger partial charge in [0.25, 0.3) is 0 Å². The molecule has 12 rings (SSSR count). The zero-order valence-corrected chi connectivity index (χ0v) is 31.6. The van der Waals surface area contributed by atoms with Crippen LogP contribution in [0.5, 0.6) is 0 Å². The van der Waals surface area contributed by atoms with Crippen molar-refractivity contribution in [3.05, 3.63) is 200 Å². The molecule has 12 aromatic rings. The third-order valence-electron chi connectivity index (χ3n) is 11.6. The summed E-state index contributed by atoms with van der Waals surface area (Å²) in [6, 6.07) is 72.7. The van der Waals surface area contributed by atoms with E-state index in [-0.39, 0.29) is 0 Å². The summed E-state index contributed by atoms with van der Waals surface area (Å²) in [4.78, 5) is 2.48. The Morgan fingerprint density at radius 2 is 1.02 bits per heavy atom. The van der Waals surface area contributed by atoms with Crippen LogP contribution in [0.25, 0.3) is 96.7 Å². The molecule has 2 heterocycles. The van der Waals surface area contributed by atoms with Crippen LogP contribution < -0.4 is 4.90 Å². The Bertz CT molecular complexity index is 3520. The summed E-state index contributed by atoms with van der Waals surface area (Å²) in [5, 5.41) is 12.3. The first-order valence-electron chi connectivity index (χ1n) is 19.4. The number of nitrogens with zero attached hydrogens (tertiary/aromatic N) is 1. The highest BCUT2D eigenvalue weighted by Crippen LogP contribution is 2.49. The minimum atomic E-state index is 0.896. The van der Waals surface area contributed by atoms with Gasteiger partial charge in [-0.15, -0.1) is 11.3 Å². The minimum Gasteiger partial charge on any atom is -0.455 e. The van der Waals surface area contributed by atoms with Crippen molar-refractivity contribution in [3.8, 4) is 22.3 Å². The first kappa shape index (κ1) is 32.1. The number of benzene rings is 10. The summed E-state index contributed by atoms with van der Waals surface area (Å²) in [5.41, 5.74) is 9.84. The molecule has 0 saturated heterocycles. The van der Waals surface area contributed by atoms with Crippen molar-refractivity contribution in [2.75, 3.05) is 4.90 Å². The Hall–Kier alpha value is -7.20. The normalized spacial score (nSPS) is 11.9. The molecule has 0 radical (unpaired) electrons. The number of furan rings is 1. The van der Waals surface area contributed by atoms with Gasteiger partial charge in [-0.3, -0.25) is 0 Å². The van der Waals surface area contributed by atoms with E-state index in [2.05, 4.69) is 205 Å². The van der Waals surface area contributed by atoms with Gasteiger partial charge in [-0.05, 0) is 80.0 Å². The summed E-state index contributed by atoms with van der Waals surface area (Å²) in [6.07, 6.45) is 0. The van der Waals surface area contributed by atoms with Gasteiger partial charge >= 0.3 is 0 Å². The average molecular weight is 744 g/mol. The molecule has 3 heteroatoms. The van der Waals surface area contributed by atoms with E-state index in [1.165, 1.54) is 58.2 Å². The van der Waals surface area contributed by atoms with Crippen LogP contribution in [0.1, 0.15) is 0 Å². The highest BCUT2D eigenvalue weighted by atomic mass is 32.1. The van der Waals surface area contributed by atoms with Crippen molar-refractivity contribution in [2.24, 2.45) is 0 Å². The van der Waals surface area contributed by atoms with Crippen LogP contribution in [0.15, 0.2) is 205 Å². The molecule has 57 heavy (non-hydrogen) atoms. The number of para-hydroxylation sites is 1. The second kappa shape index (κ2) is 12.7. The number of fused-ring (bicyclic) bond motifs is 11. The molecule has 10 aromatic carbocycles. The minimum absolute atomic E-state index is 0.896. The van der Waals surface area contributed by atoms with Gasteiger partial charge in [0.1, 0.15) is 11.2 Å². The lowest BCUT2D eigenvalue weighted by molar-refractivity contribution is 0.670. The number of anilines is 3. The standard InChI is InChI=1S/C54H33NOS/c1-2-12-35(13-3-1)41-20-10-21-45-48-32-37(27-31-51(48)56-52(41)45)34-24-28-39(29-25-34)55(50-33-38-15-5-6-16-40(38)43-18-8-9-19-44(43)50)49-23-11-22-46-47-30-26-36-14-4-7-17-42(36)53(47)57-54(46)49/h1-33H. The third-order valence-corrected chi connectivity index (χ3v) is 12.9. The quantitative estimate of drug-likeness (QED) is 0.163. The average Bonchev–Trinajstić information content (AvgIpc) is 3.86. The molecule has 0 amide bonds. The lowest BCUT2D eigenvalue weighted by atomic mass is 9.98. The van der Waals surface area contributed by atoms with Crippen LogP contribution in [0.4, 0.5) is 17.1 Å². The Morgan fingerprint density at radius 3 is 1.88 bits per heavy atom. The van der Waals surface area contributed by atoms with E-state index in [4.69, 9.17) is 4.42 Å². The van der Waals surface area contributed by atoms with Gasteiger partial charge in [-0.1, -0.05) is 164 Å². The number of hydrogen-bond acceptors (Lipinski definition) is 3. The van der Waals surface area contributed by atoms with Crippen molar-refractivity contribution in [3.63, 3.8) is 0 Å². The zero-order valence-electron chi connectivity index (χ0n) is 30.8. The first-order chi connectivity index (χ1) is 28.3. The molecule has 2 aromatic heterocycles. The van der Waals surface area contributed by atoms with Gasteiger partial charge in [0.15, 0.2) is 0 Å². The predicted molar refractivity (Wildman–Crippen MR) is 245 cm³/mol. The molecule has 0 N–H and O–H groups in total. The largest absolute Gasteiger partial charge is 0.455 e. The fraction of sp³-hybridized carbons (Fsp3) is 0. The molecule has 0 unspecified atom stereocenters. The van der Waals surface area contributed by atoms with Gasteiger partial charge < -0.3 is 9.32 Å². The summed E-state index contributed by atoms with van der Waals surface area (Å²) in [5.74, 6) is 0. The van der Waals surface area contributed by atoms with Crippen LogP contribution >= 0.6 is 11.3 Å². The molecule has 0 bridgehead atoms. The Labute approximate surface area is 333 Å². The highest BCUT2D eigenvalue weighted by molar-refractivity contribution is 7.27. The monoisotopic (exact) mass is 743 g/mol. The van der Waals surface area contributed by atoms with E-state index in [0.717, 1.165) is 55.6 Å². The Morgan fingerprint density at radius 1 is 0.351 bits per heavy atom. The molecule has 0 spiro atoms. The third kappa shape index (κ3) is 5.03. The van der Waals surface area contributed by atoms with E-state index in [9.17, 15) is 0 Å². The van der Waals surface area contributed by atoms with Gasteiger partial charge in [-0.25, -0.2) is 0 Å². The molecule has 266 valence electrons. The molecular weight excluding hydrogens is 711 g/mol. The maximum Gasteiger partial charge on any atom is 0.143 e. The molecular formula is C54H33NOS. The van der Waals surface area contributed by atoms with Crippen molar-refractivity contribution in [1.29, 1.82) is 0 Å². The Kier molecular flexibility index (Phi) is 7.13. The second-order valence-electron chi connectivity index (χ2n) is 14.8. The predicted octanol–water partition coefficient (Wildman–Crippen LogP) is 16.2. The maximum absolute atomic E-state index is 6.52. The van der Waals surface area contributed by atoms with Crippen molar-refractivity contribution >= 4 is 103 Å². The van der Waals surface area contributed by atoms with Gasteiger partial charge in [-0.2, -0.15) is 0 Å². The van der Waals surface area contributed by atoms with Crippen molar-refractivity contribution in [1.82, 2.24) is 0 Å². The van der Waals surface area contributed by atoms with Crippen LogP contribution in [0.3, 0.4) is 0 Å². The number of thiophene rings is 1. The SMILES string of the molecule is c1ccc(-c2cccc3c2oc2ccc(-c4ccc(N(c5cc6ccccc6c6ccccc56)c5cccc6c5sc5c7ccccc7ccc65)cc4)cc23)cc1. The van der Waals surface area contributed by atoms with Gasteiger partial charge in [0, 0.05) is 42.9 Å². The first-order valence-corrected chi connectivity index (χ1v) is 20.2. The van der Waals surface area contributed by atoms with Crippen LogP contribution in [-0.4, -0.2) is 0 Å². The van der Waals surface area contributed by atoms with Crippen LogP contribution in [0.2, 0.25) is 0 Å².